The fraction of sp³-hybridized carbons (Fsp3) is 0.183. The van der Waals surface area contributed by atoms with E-state index in [1.54, 1.807) is 6.21 Å². The Kier molecular flexibility index (Phi) is 14.0. The molecule has 0 amide bonds. The molecule has 0 spiro atoms. The summed E-state index contributed by atoms with van der Waals surface area (Å²) in [6, 6.07) is 94.0. The molecule has 0 saturated carbocycles. The van der Waals surface area contributed by atoms with Crippen LogP contribution in [0.4, 0.5) is 34.1 Å². The van der Waals surface area contributed by atoms with Crippen LogP contribution >= 0.6 is 0 Å². The van der Waals surface area contributed by atoms with Crippen molar-refractivity contribution in [2.75, 3.05) is 9.80 Å². The molecule has 5 heteroatoms. The van der Waals surface area contributed by atoms with Gasteiger partial charge in [-0.3, -0.25) is 0 Å². The maximum absolute atomic E-state index is 8.20. The number of nitrogens with zero attached hydrogens (tertiary/aromatic N) is 4. The van der Waals surface area contributed by atoms with Crippen LogP contribution in [0.3, 0.4) is 0 Å². The van der Waals surface area contributed by atoms with E-state index in [1.807, 2.05) is 0 Å². The first-order chi connectivity index (χ1) is 41.7. The lowest BCUT2D eigenvalue weighted by Crippen LogP contribution is -2.17. The molecule has 87 heavy (non-hydrogen) atoms. The summed E-state index contributed by atoms with van der Waals surface area (Å²) in [5.41, 5.74) is 22.9. The zero-order valence-electron chi connectivity index (χ0n) is 52.1. The lowest BCUT2D eigenvalue weighted by atomic mass is 9.84. The van der Waals surface area contributed by atoms with E-state index in [1.165, 1.54) is 60.3 Å². The molecule has 0 radical (unpaired) electrons. The molecule has 5 nitrogen and oxygen atoms in total. The first-order valence-electron chi connectivity index (χ1n) is 30.6. The highest BCUT2D eigenvalue weighted by Crippen LogP contribution is 2.44. The SMILES string of the molecule is CC(C)(C)c1ccc2c(c1)c1cc(C(C)(C)C)ccc1n2-c1ccc(-c2ccc(N(c3ccccc3)c3cccc(N(c4ccccc4)c4ccc(-c5ccc(-n6c7ccc(C(C)(C)C)cc7c7cc(C(C)(C)C=N)ccc76)cc5)cc4)c3)cc2)cc1. The van der Waals surface area contributed by atoms with Gasteiger partial charge in [0, 0.05) is 78.7 Å². The van der Waals surface area contributed by atoms with Gasteiger partial charge in [0.1, 0.15) is 0 Å². The molecule has 2 aromatic heterocycles. The van der Waals surface area contributed by atoms with Gasteiger partial charge in [0.05, 0.1) is 22.1 Å². The summed E-state index contributed by atoms with van der Waals surface area (Å²) in [6.45, 7) is 24.8. The standard InChI is InChI=1S/C82H77N5/c1-79(2,3)59-33-45-75-71(49-59)72-50-60(80(4,5)6)34-46-76(72)86(75)67-41-29-57(30-42-67)55-25-37-65(38-26-55)84(63-19-14-12-15-20-63)69-23-18-24-70(53-69)85(64-21-16-13-17-22-64)66-39-27-56(28-40-66)58-31-43-68(44-32-58)87-77-47-35-61(81(7,8)9)51-73(77)74-52-62(36-48-78(74)87)82(10,11)54-83/h12-54,83H,1-11H3. The van der Waals surface area contributed by atoms with Crippen LogP contribution in [0.5, 0.6) is 0 Å². The highest BCUT2D eigenvalue weighted by molar-refractivity contribution is 6.11. The molecular formula is C82H77N5. The van der Waals surface area contributed by atoms with E-state index in [0.29, 0.717) is 0 Å². The molecule has 0 aliphatic heterocycles. The van der Waals surface area contributed by atoms with E-state index in [9.17, 15) is 0 Å². The molecule has 0 saturated heterocycles. The van der Waals surface area contributed by atoms with Gasteiger partial charge in [-0.25, -0.2) is 0 Å². The van der Waals surface area contributed by atoms with Gasteiger partial charge in [0.25, 0.3) is 0 Å². The third kappa shape index (κ3) is 10.6. The van der Waals surface area contributed by atoms with Crippen LogP contribution < -0.4 is 9.80 Å². The molecule has 13 rings (SSSR count). The maximum Gasteiger partial charge on any atom is 0.0541 e. The minimum atomic E-state index is -0.369. The third-order valence-corrected chi connectivity index (χ3v) is 17.8. The molecule has 0 unspecified atom stereocenters. The van der Waals surface area contributed by atoms with E-state index >= 15 is 0 Å². The van der Waals surface area contributed by atoms with Crippen LogP contribution in [0.15, 0.2) is 255 Å². The Labute approximate surface area is 513 Å². The molecule has 0 aliphatic rings. The van der Waals surface area contributed by atoms with Crippen molar-refractivity contribution in [3.05, 3.63) is 277 Å². The maximum atomic E-state index is 8.20. The van der Waals surface area contributed by atoms with Gasteiger partial charge in [-0.05, 0) is 200 Å². The van der Waals surface area contributed by atoms with Crippen LogP contribution in [-0.2, 0) is 21.7 Å². The predicted molar refractivity (Wildman–Crippen MR) is 373 cm³/mol. The smallest absolute Gasteiger partial charge is 0.0541 e. The van der Waals surface area contributed by atoms with E-state index in [-0.39, 0.29) is 21.7 Å². The monoisotopic (exact) mass is 1130 g/mol. The van der Waals surface area contributed by atoms with Crippen molar-refractivity contribution in [3.63, 3.8) is 0 Å². The van der Waals surface area contributed by atoms with Gasteiger partial charge in [-0.15, -0.1) is 0 Å². The Morgan fingerprint density at radius 3 is 0.862 bits per heavy atom. The highest BCUT2D eigenvalue weighted by atomic mass is 15.2. The Morgan fingerprint density at radius 1 is 0.276 bits per heavy atom. The van der Waals surface area contributed by atoms with Gasteiger partial charge < -0.3 is 24.3 Å². The van der Waals surface area contributed by atoms with Crippen molar-refractivity contribution in [1.82, 2.24) is 9.13 Å². The minimum Gasteiger partial charge on any atom is -0.312 e. The first-order valence-corrected chi connectivity index (χ1v) is 30.6. The summed E-state index contributed by atoms with van der Waals surface area (Å²) in [7, 11) is 0. The Balaban J connectivity index is 0.801. The number of aromatic nitrogens is 2. The van der Waals surface area contributed by atoms with Gasteiger partial charge in [-0.2, -0.15) is 0 Å². The second kappa shape index (κ2) is 21.7. The summed E-state index contributed by atoms with van der Waals surface area (Å²) < 4.78 is 4.82. The lowest BCUT2D eigenvalue weighted by molar-refractivity contribution is 0.590. The molecule has 0 atom stereocenters. The lowest BCUT2D eigenvalue weighted by Gasteiger charge is -2.29. The summed E-state index contributed by atoms with van der Waals surface area (Å²) in [4.78, 5) is 4.70. The van der Waals surface area contributed by atoms with Gasteiger partial charge in [0.15, 0.2) is 0 Å². The van der Waals surface area contributed by atoms with Crippen LogP contribution in [0, 0.1) is 5.41 Å². The van der Waals surface area contributed by atoms with Crippen molar-refractivity contribution in [1.29, 1.82) is 5.41 Å². The second-order valence-corrected chi connectivity index (χ2v) is 27.3. The molecule has 13 aromatic rings. The molecule has 1 N–H and O–H groups in total. The number of anilines is 6. The van der Waals surface area contributed by atoms with Gasteiger partial charge >= 0.3 is 0 Å². The average Bonchev–Trinajstić information content (AvgIpc) is 1.64. The summed E-state index contributed by atoms with van der Waals surface area (Å²) in [5, 5.41) is 13.2. The highest BCUT2D eigenvalue weighted by Gasteiger charge is 2.25. The van der Waals surface area contributed by atoms with Crippen molar-refractivity contribution in [3.8, 4) is 33.6 Å². The number of fused-ring (bicyclic) bond motifs is 6. The minimum absolute atomic E-state index is 0.00988. The van der Waals surface area contributed by atoms with Gasteiger partial charge in [-0.1, -0.05) is 191 Å². The molecular weight excluding hydrogens is 1050 g/mol. The molecule has 430 valence electrons. The van der Waals surface area contributed by atoms with Crippen molar-refractivity contribution in [2.45, 2.75) is 97.8 Å². The topological polar surface area (TPSA) is 40.2 Å². The first kappa shape index (κ1) is 56.4. The zero-order valence-corrected chi connectivity index (χ0v) is 52.1. The molecule has 0 fully saturated rings. The van der Waals surface area contributed by atoms with E-state index in [2.05, 4.69) is 350 Å². The van der Waals surface area contributed by atoms with Crippen LogP contribution in [0.1, 0.15) is 98.4 Å². The summed E-state index contributed by atoms with van der Waals surface area (Å²) in [6.07, 6.45) is 1.55. The number of benzene rings is 11. The Morgan fingerprint density at radius 2 is 0.552 bits per heavy atom. The largest absolute Gasteiger partial charge is 0.312 e. The van der Waals surface area contributed by atoms with Crippen molar-refractivity contribution < 1.29 is 0 Å². The second-order valence-electron chi connectivity index (χ2n) is 27.3. The summed E-state index contributed by atoms with van der Waals surface area (Å²) in [5.74, 6) is 0. The molecule has 0 bridgehead atoms. The Bertz CT molecular complexity index is 4610. The van der Waals surface area contributed by atoms with E-state index in [0.717, 1.165) is 73.3 Å². The average molecular weight is 1130 g/mol. The number of para-hydroxylation sites is 2. The van der Waals surface area contributed by atoms with E-state index in [4.69, 9.17) is 5.41 Å². The van der Waals surface area contributed by atoms with Crippen LogP contribution in [0.2, 0.25) is 0 Å². The van der Waals surface area contributed by atoms with Crippen LogP contribution in [0.25, 0.3) is 77.2 Å². The number of hydrogen-bond donors (Lipinski definition) is 1. The third-order valence-electron chi connectivity index (χ3n) is 17.8. The van der Waals surface area contributed by atoms with Crippen molar-refractivity contribution in [2.24, 2.45) is 0 Å². The van der Waals surface area contributed by atoms with Gasteiger partial charge in [0.2, 0.25) is 0 Å². The molecule has 0 aliphatic carbocycles. The van der Waals surface area contributed by atoms with Crippen molar-refractivity contribution >= 4 is 84.0 Å². The predicted octanol–water partition coefficient (Wildman–Crippen LogP) is 23.0. The number of rotatable bonds is 12. The fourth-order valence-corrected chi connectivity index (χ4v) is 12.5. The van der Waals surface area contributed by atoms with E-state index < -0.39 is 0 Å². The normalized spacial score (nSPS) is 12.4. The fourth-order valence-electron chi connectivity index (χ4n) is 12.5. The summed E-state index contributed by atoms with van der Waals surface area (Å²) >= 11 is 0. The van der Waals surface area contributed by atoms with Crippen LogP contribution in [-0.4, -0.2) is 15.3 Å². The zero-order chi connectivity index (χ0) is 60.6. The molecule has 11 aromatic carbocycles. The quantitative estimate of drug-likeness (QED) is 0.124. The number of hydrogen-bond acceptors (Lipinski definition) is 3. The molecule has 2 heterocycles. The number of nitrogens with one attached hydrogen (secondary N) is 1. The Hall–Kier alpha value is -9.71.